The quantitative estimate of drug-likeness (QED) is 0.347. The zero-order valence-corrected chi connectivity index (χ0v) is 18.3. The molecular formula is C23H21N3O2S2. The van der Waals surface area contributed by atoms with Crippen molar-refractivity contribution in [2.24, 2.45) is 0 Å². The van der Waals surface area contributed by atoms with Crippen molar-refractivity contribution in [3.05, 3.63) is 87.0 Å². The van der Waals surface area contributed by atoms with Crippen LogP contribution in [0.25, 0.3) is 10.2 Å². The summed E-state index contributed by atoms with van der Waals surface area (Å²) < 4.78 is 2.29. The molecule has 2 aromatic heterocycles. The number of nitrogens with zero attached hydrogens (tertiary/aromatic N) is 2. The highest BCUT2D eigenvalue weighted by molar-refractivity contribution is 7.99. The van der Waals surface area contributed by atoms with Crippen LogP contribution < -0.4 is 10.9 Å². The van der Waals surface area contributed by atoms with E-state index in [1.54, 1.807) is 4.57 Å². The highest BCUT2D eigenvalue weighted by Gasteiger charge is 2.15. The monoisotopic (exact) mass is 435 g/mol. The van der Waals surface area contributed by atoms with Gasteiger partial charge >= 0.3 is 0 Å². The van der Waals surface area contributed by atoms with Crippen LogP contribution in [0.3, 0.4) is 0 Å². The predicted molar refractivity (Wildman–Crippen MR) is 125 cm³/mol. The lowest BCUT2D eigenvalue weighted by Crippen LogP contribution is -2.24. The van der Waals surface area contributed by atoms with Crippen molar-refractivity contribution in [1.82, 2.24) is 9.55 Å². The minimum absolute atomic E-state index is 0.0722. The van der Waals surface area contributed by atoms with Gasteiger partial charge in [-0.1, -0.05) is 59.3 Å². The summed E-state index contributed by atoms with van der Waals surface area (Å²) >= 11 is 2.67. The van der Waals surface area contributed by atoms with Crippen LogP contribution in [0.1, 0.15) is 16.7 Å². The second-order valence-corrected chi connectivity index (χ2v) is 8.97. The minimum Gasteiger partial charge on any atom is -0.325 e. The van der Waals surface area contributed by atoms with Gasteiger partial charge in [0.05, 0.1) is 17.8 Å². The number of carbonyl (C=O) groups is 1. The number of aromatic nitrogens is 2. The first-order chi connectivity index (χ1) is 14.5. The van der Waals surface area contributed by atoms with Crippen molar-refractivity contribution in [1.29, 1.82) is 0 Å². The standard InChI is InChI=1S/C23H21N3O2S2/c1-15-3-7-17(8-4-15)13-26-22(28)21-19(11-12-29-21)25-23(26)30-14-20(27)24-18-9-5-16(2)6-10-18/h3-12H,13-14H2,1-2H3,(H,24,27). The van der Waals surface area contributed by atoms with E-state index in [4.69, 9.17) is 0 Å². The van der Waals surface area contributed by atoms with Gasteiger partial charge in [-0.25, -0.2) is 4.98 Å². The number of anilines is 1. The molecule has 0 bridgehead atoms. The number of carbonyl (C=O) groups excluding carboxylic acids is 1. The van der Waals surface area contributed by atoms with Gasteiger partial charge in [0.15, 0.2) is 5.16 Å². The normalized spacial score (nSPS) is 11.0. The summed E-state index contributed by atoms with van der Waals surface area (Å²) in [7, 11) is 0. The van der Waals surface area contributed by atoms with E-state index >= 15 is 0 Å². The van der Waals surface area contributed by atoms with Crippen LogP contribution in [0.15, 0.2) is 69.9 Å². The fourth-order valence-electron chi connectivity index (χ4n) is 3.01. The van der Waals surface area contributed by atoms with Crippen LogP contribution in [-0.2, 0) is 11.3 Å². The molecule has 7 heteroatoms. The molecule has 4 aromatic rings. The Bertz CT molecular complexity index is 1240. The molecule has 5 nitrogen and oxygen atoms in total. The lowest BCUT2D eigenvalue weighted by atomic mass is 10.1. The third-order valence-corrected chi connectivity index (χ3v) is 6.53. The number of benzene rings is 2. The third kappa shape index (κ3) is 4.63. The van der Waals surface area contributed by atoms with Crippen LogP contribution in [-0.4, -0.2) is 21.2 Å². The smallest absolute Gasteiger partial charge is 0.272 e. The van der Waals surface area contributed by atoms with Gasteiger partial charge in [-0.05, 0) is 43.0 Å². The second-order valence-electron chi connectivity index (χ2n) is 7.11. The average molecular weight is 436 g/mol. The highest BCUT2D eigenvalue weighted by Crippen LogP contribution is 2.22. The summed E-state index contributed by atoms with van der Waals surface area (Å²) in [6.45, 7) is 4.45. The Balaban J connectivity index is 1.57. The van der Waals surface area contributed by atoms with E-state index in [1.165, 1.54) is 28.7 Å². The zero-order valence-electron chi connectivity index (χ0n) is 16.7. The summed E-state index contributed by atoms with van der Waals surface area (Å²) in [5, 5.41) is 5.30. The van der Waals surface area contributed by atoms with Gasteiger partial charge in [0.1, 0.15) is 4.70 Å². The van der Waals surface area contributed by atoms with E-state index in [1.807, 2.05) is 73.8 Å². The molecule has 0 spiro atoms. The van der Waals surface area contributed by atoms with Gasteiger partial charge < -0.3 is 5.32 Å². The van der Waals surface area contributed by atoms with E-state index in [0.717, 1.165) is 16.8 Å². The van der Waals surface area contributed by atoms with E-state index < -0.39 is 0 Å². The molecule has 0 saturated heterocycles. The minimum atomic E-state index is -0.134. The molecule has 0 unspecified atom stereocenters. The number of nitrogens with one attached hydrogen (secondary N) is 1. The van der Waals surface area contributed by atoms with Crippen molar-refractivity contribution < 1.29 is 4.79 Å². The van der Waals surface area contributed by atoms with Crippen LogP contribution in [0, 0.1) is 13.8 Å². The molecular weight excluding hydrogens is 414 g/mol. The van der Waals surface area contributed by atoms with Crippen LogP contribution in [0.4, 0.5) is 5.69 Å². The van der Waals surface area contributed by atoms with E-state index in [0.29, 0.717) is 21.9 Å². The number of thioether (sulfide) groups is 1. The topological polar surface area (TPSA) is 64.0 Å². The molecule has 0 aliphatic carbocycles. The van der Waals surface area contributed by atoms with Crippen molar-refractivity contribution in [3.63, 3.8) is 0 Å². The van der Waals surface area contributed by atoms with Gasteiger partial charge in [-0.15, -0.1) is 11.3 Å². The summed E-state index contributed by atoms with van der Waals surface area (Å²) in [6, 6.07) is 17.6. The first kappa shape index (κ1) is 20.4. The molecule has 0 aliphatic heterocycles. The molecule has 0 radical (unpaired) electrons. The van der Waals surface area contributed by atoms with Crippen molar-refractivity contribution >= 4 is 44.9 Å². The Morgan fingerprint density at radius 1 is 1.03 bits per heavy atom. The van der Waals surface area contributed by atoms with E-state index in [-0.39, 0.29) is 17.2 Å². The maximum Gasteiger partial charge on any atom is 0.272 e. The fourth-order valence-corrected chi connectivity index (χ4v) is 4.59. The molecule has 0 fully saturated rings. The third-order valence-electron chi connectivity index (χ3n) is 4.66. The molecule has 2 heterocycles. The number of thiophene rings is 1. The number of fused-ring (bicyclic) bond motifs is 1. The Morgan fingerprint density at radius 3 is 2.40 bits per heavy atom. The highest BCUT2D eigenvalue weighted by atomic mass is 32.2. The Hall–Kier alpha value is -2.90. The number of hydrogen-bond acceptors (Lipinski definition) is 5. The Kier molecular flexibility index (Phi) is 6.01. The molecule has 4 rings (SSSR count). The maximum atomic E-state index is 13.1. The van der Waals surface area contributed by atoms with Gasteiger partial charge in [0.25, 0.3) is 5.56 Å². The van der Waals surface area contributed by atoms with Crippen molar-refractivity contribution in [2.75, 3.05) is 11.1 Å². The van der Waals surface area contributed by atoms with E-state index in [9.17, 15) is 9.59 Å². The van der Waals surface area contributed by atoms with Crippen molar-refractivity contribution in [2.45, 2.75) is 25.5 Å². The summed E-state index contributed by atoms with van der Waals surface area (Å²) in [5.74, 6) is 0.0366. The molecule has 1 N–H and O–H groups in total. The second kappa shape index (κ2) is 8.85. The fraction of sp³-hybridized carbons (Fsp3) is 0.174. The summed E-state index contributed by atoms with van der Waals surface area (Å²) in [6.07, 6.45) is 0. The lowest BCUT2D eigenvalue weighted by Gasteiger charge is -2.12. The summed E-state index contributed by atoms with van der Waals surface area (Å²) in [5.41, 5.74) is 4.68. The predicted octanol–water partition coefficient (Wildman–Crippen LogP) is 4.85. The number of hydrogen-bond donors (Lipinski definition) is 1. The van der Waals surface area contributed by atoms with Crippen LogP contribution in [0.5, 0.6) is 0 Å². The largest absolute Gasteiger partial charge is 0.325 e. The first-order valence-electron chi connectivity index (χ1n) is 9.52. The Morgan fingerprint density at radius 2 is 1.70 bits per heavy atom. The van der Waals surface area contributed by atoms with Gasteiger partial charge in [0, 0.05) is 5.69 Å². The molecule has 152 valence electrons. The number of amides is 1. The lowest BCUT2D eigenvalue weighted by molar-refractivity contribution is -0.113. The molecule has 30 heavy (non-hydrogen) atoms. The van der Waals surface area contributed by atoms with Crippen molar-refractivity contribution in [3.8, 4) is 0 Å². The molecule has 0 aliphatic rings. The molecule has 1 amide bonds. The van der Waals surface area contributed by atoms with Crippen LogP contribution in [0.2, 0.25) is 0 Å². The summed E-state index contributed by atoms with van der Waals surface area (Å²) in [4.78, 5) is 30.2. The first-order valence-corrected chi connectivity index (χ1v) is 11.4. The number of aryl methyl sites for hydroxylation is 2. The molecule has 0 saturated carbocycles. The maximum absolute atomic E-state index is 13.1. The zero-order chi connectivity index (χ0) is 21.1. The van der Waals surface area contributed by atoms with Gasteiger partial charge in [0.2, 0.25) is 5.91 Å². The van der Waals surface area contributed by atoms with E-state index in [2.05, 4.69) is 10.3 Å². The SMILES string of the molecule is Cc1ccc(Cn2c(SCC(=O)Nc3ccc(C)cc3)nc3ccsc3c2=O)cc1. The van der Waals surface area contributed by atoms with Gasteiger partial charge in [-0.2, -0.15) is 0 Å². The molecule has 0 atom stereocenters. The van der Waals surface area contributed by atoms with Gasteiger partial charge in [-0.3, -0.25) is 14.2 Å². The Labute approximate surface area is 182 Å². The average Bonchev–Trinajstić information content (AvgIpc) is 3.21. The van der Waals surface area contributed by atoms with Crippen LogP contribution >= 0.6 is 23.1 Å². The number of rotatable bonds is 6. The molecule has 2 aromatic carbocycles.